The Morgan fingerprint density at radius 3 is 2.62 bits per heavy atom. The van der Waals surface area contributed by atoms with Crippen LogP contribution in [0.15, 0.2) is 48.5 Å². The Kier molecular flexibility index (Phi) is 5.71. The highest BCUT2D eigenvalue weighted by molar-refractivity contribution is 6.00. The number of amides is 2. The van der Waals surface area contributed by atoms with E-state index in [4.69, 9.17) is 0 Å². The molecular formula is C22H26N2O2. The van der Waals surface area contributed by atoms with E-state index in [1.165, 1.54) is 11.1 Å². The average molecular weight is 350 g/mol. The van der Waals surface area contributed by atoms with E-state index < -0.39 is 0 Å². The molecular weight excluding hydrogens is 324 g/mol. The molecule has 0 spiro atoms. The Labute approximate surface area is 155 Å². The normalized spacial score (nSPS) is 16.8. The predicted octanol–water partition coefficient (Wildman–Crippen LogP) is 3.41. The van der Waals surface area contributed by atoms with Crippen LogP contribution in [0.25, 0.3) is 0 Å². The predicted molar refractivity (Wildman–Crippen MR) is 104 cm³/mol. The topological polar surface area (TPSA) is 49.4 Å². The number of aryl methyl sites for hydroxylation is 3. The van der Waals surface area contributed by atoms with Crippen molar-refractivity contribution in [3.8, 4) is 0 Å². The third-order valence-corrected chi connectivity index (χ3v) is 5.08. The fourth-order valence-electron chi connectivity index (χ4n) is 3.32. The second-order valence-electron chi connectivity index (χ2n) is 7.05. The number of nitrogens with one attached hydrogen (secondary N) is 1. The van der Waals surface area contributed by atoms with E-state index in [1.807, 2.05) is 43.3 Å². The van der Waals surface area contributed by atoms with Crippen molar-refractivity contribution in [1.29, 1.82) is 0 Å². The van der Waals surface area contributed by atoms with Gasteiger partial charge in [0.2, 0.25) is 11.8 Å². The summed E-state index contributed by atoms with van der Waals surface area (Å²) in [4.78, 5) is 26.5. The van der Waals surface area contributed by atoms with Gasteiger partial charge in [-0.15, -0.1) is 0 Å². The highest BCUT2D eigenvalue weighted by atomic mass is 16.2. The van der Waals surface area contributed by atoms with E-state index in [2.05, 4.69) is 24.4 Å². The fraction of sp³-hybridized carbons (Fsp3) is 0.364. The quantitative estimate of drug-likeness (QED) is 0.812. The van der Waals surface area contributed by atoms with Gasteiger partial charge in [-0.3, -0.25) is 9.59 Å². The number of rotatable bonds is 6. The van der Waals surface area contributed by atoms with E-state index in [0.717, 1.165) is 24.1 Å². The van der Waals surface area contributed by atoms with Gasteiger partial charge in [0.05, 0.1) is 5.92 Å². The number of carbonyl (C=O) groups is 2. The highest BCUT2D eigenvalue weighted by Crippen LogP contribution is 2.26. The van der Waals surface area contributed by atoms with Crippen LogP contribution < -0.4 is 10.2 Å². The van der Waals surface area contributed by atoms with Crippen LogP contribution in [0.4, 0.5) is 5.69 Å². The third-order valence-electron chi connectivity index (χ3n) is 5.08. The number of nitrogens with zero attached hydrogens (tertiary/aromatic N) is 1. The van der Waals surface area contributed by atoms with Gasteiger partial charge in [-0.2, -0.15) is 0 Å². The molecule has 0 bridgehead atoms. The summed E-state index contributed by atoms with van der Waals surface area (Å²) in [6, 6.07) is 16.3. The van der Waals surface area contributed by atoms with E-state index in [1.54, 1.807) is 4.90 Å². The van der Waals surface area contributed by atoms with Crippen molar-refractivity contribution < 1.29 is 9.59 Å². The van der Waals surface area contributed by atoms with Gasteiger partial charge in [0.25, 0.3) is 0 Å². The molecule has 0 aromatic heterocycles. The fourth-order valence-corrected chi connectivity index (χ4v) is 3.32. The molecule has 2 aromatic rings. The largest absolute Gasteiger partial charge is 0.356 e. The molecule has 0 saturated carbocycles. The van der Waals surface area contributed by atoms with E-state index in [-0.39, 0.29) is 24.2 Å². The summed E-state index contributed by atoms with van der Waals surface area (Å²) in [5.41, 5.74) is 4.52. The van der Waals surface area contributed by atoms with E-state index in [0.29, 0.717) is 13.1 Å². The molecule has 136 valence electrons. The summed E-state index contributed by atoms with van der Waals surface area (Å²) in [7, 11) is 0. The zero-order valence-corrected chi connectivity index (χ0v) is 15.5. The lowest BCUT2D eigenvalue weighted by atomic mass is 10.1. The minimum atomic E-state index is -0.263. The molecule has 1 atom stereocenters. The first-order valence-corrected chi connectivity index (χ1v) is 9.24. The molecule has 0 aliphatic carbocycles. The van der Waals surface area contributed by atoms with Crippen molar-refractivity contribution in [2.75, 3.05) is 18.0 Å². The summed E-state index contributed by atoms with van der Waals surface area (Å²) >= 11 is 0. The molecule has 1 aliphatic rings. The molecule has 0 radical (unpaired) electrons. The molecule has 4 heteroatoms. The number of hydrogen-bond acceptors (Lipinski definition) is 2. The molecule has 4 nitrogen and oxygen atoms in total. The van der Waals surface area contributed by atoms with Crippen molar-refractivity contribution in [1.82, 2.24) is 5.32 Å². The van der Waals surface area contributed by atoms with Gasteiger partial charge in [0.1, 0.15) is 0 Å². The van der Waals surface area contributed by atoms with Gasteiger partial charge < -0.3 is 10.2 Å². The Hall–Kier alpha value is -2.62. The smallest absolute Gasteiger partial charge is 0.227 e. The maximum atomic E-state index is 12.4. The SMILES string of the molecule is Cc1ccc(N2C[C@H](C(=O)NCCCc3ccccc3)CC2=O)cc1C. The van der Waals surface area contributed by atoms with Crippen molar-refractivity contribution in [2.24, 2.45) is 5.92 Å². The minimum absolute atomic E-state index is 0.0160. The Morgan fingerprint density at radius 1 is 1.12 bits per heavy atom. The van der Waals surface area contributed by atoms with Crippen LogP contribution in [-0.4, -0.2) is 24.9 Å². The molecule has 1 fully saturated rings. The zero-order chi connectivity index (χ0) is 18.5. The number of hydrogen-bond donors (Lipinski definition) is 1. The van der Waals surface area contributed by atoms with Crippen LogP contribution in [0, 0.1) is 19.8 Å². The maximum absolute atomic E-state index is 12.4. The molecule has 1 heterocycles. The first-order valence-electron chi connectivity index (χ1n) is 9.24. The van der Waals surface area contributed by atoms with Crippen LogP contribution in [0.3, 0.4) is 0 Å². The molecule has 0 unspecified atom stereocenters. The molecule has 26 heavy (non-hydrogen) atoms. The lowest BCUT2D eigenvalue weighted by Gasteiger charge is -2.18. The van der Waals surface area contributed by atoms with Gasteiger partial charge in [-0.1, -0.05) is 36.4 Å². The number of anilines is 1. The van der Waals surface area contributed by atoms with Crippen molar-refractivity contribution in [3.05, 3.63) is 65.2 Å². The summed E-state index contributed by atoms with van der Waals surface area (Å²) in [6.45, 7) is 5.20. The van der Waals surface area contributed by atoms with Crippen molar-refractivity contribution >= 4 is 17.5 Å². The van der Waals surface area contributed by atoms with Crippen LogP contribution in [0.2, 0.25) is 0 Å². The van der Waals surface area contributed by atoms with Gasteiger partial charge >= 0.3 is 0 Å². The van der Waals surface area contributed by atoms with Gasteiger partial charge in [0.15, 0.2) is 0 Å². The van der Waals surface area contributed by atoms with E-state index in [9.17, 15) is 9.59 Å². The van der Waals surface area contributed by atoms with Gasteiger partial charge in [-0.25, -0.2) is 0 Å². The first kappa shape index (κ1) is 18.2. The molecule has 1 saturated heterocycles. The number of carbonyl (C=O) groups excluding carboxylic acids is 2. The number of benzene rings is 2. The summed E-state index contributed by atoms with van der Waals surface area (Å²) in [5.74, 6) is -0.253. The average Bonchev–Trinajstić information content (AvgIpc) is 3.04. The second kappa shape index (κ2) is 8.17. The lowest BCUT2D eigenvalue weighted by molar-refractivity contribution is -0.126. The third kappa shape index (κ3) is 4.31. The Morgan fingerprint density at radius 2 is 1.88 bits per heavy atom. The van der Waals surface area contributed by atoms with Crippen LogP contribution in [0.1, 0.15) is 29.5 Å². The van der Waals surface area contributed by atoms with Crippen LogP contribution >= 0.6 is 0 Å². The molecule has 2 amide bonds. The van der Waals surface area contributed by atoms with Crippen molar-refractivity contribution in [2.45, 2.75) is 33.1 Å². The Balaban J connectivity index is 1.49. The molecule has 1 aliphatic heterocycles. The monoisotopic (exact) mass is 350 g/mol. The first-order chi connectivity index (χ1) is 12.5. The van der Waals surface area contributed by atoms with Crippen LogP contribution in [-0.2, 0) is 16.0 Å². The maximum Gasteiger partial charge on any atom is 0.227 e. The minimum Gasteiger partial charge on any atom is -0.356 e. The summed E-state index contributed by atoms with van der Waals surface area (Å²) in [6.07, 6.45) is 2.13. The molecule has 2 aromatic carbocycles. The van der Waals surface area contributed by atoms with Gasteiger partial charge in [0, 0.05) is 25.2 Å². The van der Waals surface area contributed by atoms with Crippen LogP contribution in [0.5, 0.6) is 0 Å². The zero-order valence-electron chi connectivity index (χ0n) is 15.5. The summed E-state index contributed by atoms with van der Waals surface area (Å²) < 4.78 is 0. The lowest BCUT2D eigenvalue weighted by Crippen LogP contribution is -2.33. The summed E-state index contributed by atoms with van der Waals surface area (Å²) in [5, 5.41) is 2.99. The highest BCUT2D eigenvalue weighted by Gasteiger charge is 2.34. The van der Waals surface area contributed by atoms with Crippen molar-refractivity contribution in [3.63, 3.8) is 0 Å². The standard InChI is InChI=1S/C22H26N2O2/c1-16-10-11-20(13-17(16)2)24-15-19(14-21(24)25)22(26)23-12-6-9-18-7-4-3-5-8-18/h3-5,7-8,10-11,13,19H,6,9,12,14-15H2,1-2H3,(H,23,26)/t19-/m1/s1. The molecule has 3 rings (SSSR count). The Bertz CT molecular complexity index is 786. The molecule has 1 N–H and O–H groups in total. The van der Waals surface area contributed by atoms with Gasteiger partial charge in [-0.05, 0) is 55.5 Å². The second-order valence-corrected chi connectivity index (χ2v) is 7.05. The van der Waals surface area contributed by atoms with E-state index >= 15 is 0 Å².